The van der Waals surface area contributed by atoms with Crippen LogP contribution in [0.3, 0.4) is 0 Å². The zero-order valence-electron chi connectivity index (χ0n) is 11.8. The molecule has 0 bridgehead atoms. The Kier molecular flexibility index (Phi) is 9.19. The van der Waals surface area contributed by atoms with E-state index < -0.39 is 30.3 Å². The zero-order valence-corrected chi connectivity index (χ0v) is 11.8. The first-order valence-corrected chi connectivity index (χ1v) is 6.05. The van der Waals surface area contributed by atoms with Crippen molar-refractivity contribution in [2.75, 3.05) is 13.2 Å². The second kappa shape index (κ2) is 10.4. The van der Waals surface area contributed by atoms with Gasteiger partial charge >= 0.3 is 17.9 Å². The summed E-state index contributed by atoms with van der Waals surface area (Å²) in [6.45, 7) is 11.2. The van der Waals surface area contributed by atoms with Crippen LogP contribution in [-0.4, -0.2) is 43.5 Å². The lowest BCUT2D eigenvalue weighted by Gasteiger charge is -2.25. The Morgan fingerprint density at radius 3 is 1.95 bits per heavy atom. The van der Waals surface area contributed by atoms with Crippen molar-refractivity contribution in [2.24, 2.45) is 0 Å². The molecule has 0 aliphatic carbocycles. The fraction of sp³-hybridized carbons (Fsp3) is 0.357. The molecule has 0 N–H and O–H groups in total. The zero-order chi connectivity index (χ0) is 16.3. The average molecular weight is 298 g/mol. The smallest absolute Gasteiger partial charge is 0.332 e. The molecule has 0 aromatic rings. The number of esters is 3. The Morgan fingerprint density at radius 1 is 0.952 bits per heavy atom. The maximum Gasteiger partial charge on any atom is 0.332 e. The summed E-state index contributed by atoms with van der Waals surface area (Å²) in [5.41, 5.74) is 0. The number of hydrogen-bond acceptors (Lipinski definition) is 7. The first-order chi connectivity index (χ1) is 9.98. The van der Waals surface area contributed by atoms with Gasteiger partial charge in [-0.1, -0.05) is 19.7 Å². The molecule has 0 aliphatic rings. The minimum Gasteiger partial charge on any atom is -0.458 e. The van der Waals surface area contributed by atoms with Crippen LogP contribution in [0.2, 0.25) is 0 Å². The lowest BCUT2D eigenvalue weighted by Crippen LogP contribution is -2.40. The molecule has 7 nitrogen and oxygen atoms in total. The van der Waals surface area contributed by atoms with Gasteiger partial charge < -0.3 is 18.9 Å². The van der Waals surface area contributed by atoms with E-state index in [1.165, 1.54) is 0 Å². The van der Waals surface area contributed by atoms with Crippen molar-refractivity contribution in [1.82, 2.24) is 0 Å². The fourth-order valence-electron chi connectivity index (χ4n) is 1.13. The Balaban J connectivity index is 4.96. The van der Waals surface area contributed by atoms with Crippen LogP contribution >= 0.6 is 0 Å². The molecule has 0 heterocycles. The van der Waals surface area contributed by atoms with Gasteiger partial charge in [0.2, 0.25) is 6.29 Å². The standard InChI is InChI=1S/C14H18O7/c1-5-11(15)19-9-10(20-12(16)6-2)14(18-8-4)21-13(17)7-3/h5-7,10,14H,1-3,8-9H2,4H3. The molecule has 0 amide bonds. The first-order valence-electron chi connectivity index (χ1n) is 6.05. The minimum atomic E-state index is -1.25. The fourth-order valence-corrected chi connectivity index (χ4v) is 1.13. The third kappa shape index (κ3) is 7.68. The SMILES string of the molecule is C=CC(=O)OCC(OC(=O)C=C)C(OCC)OC(=O)C=C. The molecule has 0 aliphatic heterocycles. The number of ether oxygens (including phenoxy) is 4. The summed E-state index contributed by atoms with van der Waals surface area (Å²) in [5.74, 6) is -2.28. The number of rotatable bonds is 10. The molecule has 7 heteroatoms. The van der Waals surface area contributed by atoms with Gasteiger partial charge in [0.05, 0.1) is 0 Å². The van der Waals surface area contributed by atoms with Crippen LogP contribution in [0.1, 0.15) is 6.92 Å². The van der Waals surface area contributed by atoms with Crippen LogP contribution in [0.4, 0.5) is 0 Å². The predicted molar refractivity (Wildman–Crippen MR) is 72.9 cm³/mol. The van der Waals surface area contributed by atoms with Gasteiger partial charge in [0.1, 0.15) is 6.61 Å². The van der Waals surface area contributed by atoms with Crippen LogP contribution in [0.5, 0.6) is 0 Å². The number of carbonyl (C=O) groups excluding carboxylic acids is 3. The molecule has 2 atom stereocenters. The maximum atomic E-state index is 11.3. The molecular formula is C14H18O7. The topological polar surface area (TPSA) is 88.1 Å². The largest absolute Gasteiger partial charge is 0.458 e. The Bertz CT molecular complexity index is 414. The van der Waals surface area contributed by atoms with Gasteiger partial charge in [-0.3, -0.25) is 0 Å². The molecular weight excluding hydrogens is 280 g/mol. The second-order valence-electron chi connectivity index (χ2n) is 3.48. The van der Waals surface area contributed by atoms with Crippen molar-refractivity contribution < 1.29 is 33.3 Å². The molecule has 116 valence electrons. The maximum absolute atomic E-state index is 11.3. The van der Waals surface area contributed by atoms with E-state index in [1.807, 2.05) is 0 Å². The summed E-state index contributed by atoms with van der Waals surface area (Å²) < 4.78 is 19.8. The van der Waals surface area contributed by atoms with Crippen molar-refractivity contribution in [3.63, 3.8) is 0 Å². The summed E-state index contributed by atoms with van der Waals surface area (Å²) in [6.07, 6.45) is 0.386. The molecule has 0 saturated carbocycles. The number of hydrogen-bond donors (Lipinski definition) is 0. The molecule has 21 heavy (non-hydrogen) atoms. The summed E-state index contributed by atoms with van der Waals surface area (Å²) in [5, 5.41) is 0. The lowest BCUT2D eigenvalue weighted by molar-refractivity contribution is -0.213. The van der Waals surface area contributed by atoms with Gasteiger partial charge in [-0.05, 0) is 6.92 Å². The van der Waals surface area contributed by atoms with E-state index in [4.69, 9.17) is 18.9 Å². The van der Waals surface area contributed by atoms with Gasteiger partial charge in [0.15, 0.2) is 6.10 Å². The van der Waals surface area contributed by atoms with Crippen molar-refractivity contribution in [3.05, 3.63) is 38.0 Å². The summed E-state index contributed by atoms with van der Waals surface area (Å²) in [6, 6.07) is 0. The van der Waals surface area contributed by atoms with Crippen LogP contribution in [0.25, 0.3) is 0 Å². The van der Waals surface area contributed by atoms with Gasteiger partial charge in [-0.25, -0.2) is 14.4 Å². The highest BCUT2D eigenvalue weighted by atomic mass is 16.7. The summed E-state index contributed by atoms with van der Waals surface area (Å²) >= 11 is 0. The minimum absolute atomic E-state index is 0.173. The Labute approximate surface area is 122 Å². The highest BCUT2D eigenvalue weighted by Gasteiger charge is 2.29. The van der Waals surface area contributed by atoms with E-state index in [-0.39, 0.29) is 13.2 Å². The Hall–Kier alpha value is -2.41. The molecule has 0 radical (unpaired) electrons. The molecule has 0 saturated heterocycles. The third-order valence-electron chi connectivity index (χ3n) is 2.02. The van der Waals surface area contributed by atoms with Crippen molar-refractivity contribution in [1.29, 1.82) is 0 Å². The van der Waals surface area contributed by atoms with E-state index in [9.17, 15) is 14.4 Å². The number of carbonyl (C=O) groups is 3. The second-order valence-corrected chi connectivity index (χ2v) is 3.48. The molecule has 0 fully saturated rings. The van der Waals surface area contributed by atoms with Crippen LogP contribution in [0, 0.1) is 0 Å². The third-order valence-corrected chi connectivity index (χ3v) is 2.02. The summed E-state index contributed by atoms with van der Waals surface area (Å²) in [7, 11) is 0. The van der Waals surface area contributed by atoms with Crippen LogP contribution < -0.4 is 0 Å². The van der Waals surface area contributed by atoms with Gasteiger partial charge in [0.25, 0.3) is 0 Å². The van der Waals surface area contributed by atoms with Gasteiger partial charge in [-0.15, -0.1) is 0 Å². The molecule has 2 unspecified atom stereocenters. The van der Waals surface area contributed by atoms with Crippen molar-refractivity contribution >= 4 is 17.9 Å². The van der Waals surface area contributed by atoms with E-state index >= 15 is 0 Å². The van der Waals surface area contributed by atoms with Gasteiger partial charge in [0, 0.05) is 24.8 Å². The molecule has 0 rings (SSSR count). The predicted octanol–water partition coefficient (Wildman–Crippen LogP) is 0.905. The van der Waals surface area contributed by atoms with Crippen molar-refractivity contribution in [2.45, 2.75) is 19.3 Å². The highest BCUT2D eigenvalue weighted by molar-refractivity contribution is 5.82. The van der Waals surface area contributed by atoms with Crippen LogP contribution in [-0.2, 0) is 33.3 Å². The highest BCUT2D eigenvalue weighted by Crippen LogP contribution is 2.09. The molecule has 0 aromatic heterocycles. The summed E-state index contributed by atoms with van der Waals surface area (Å²) in [4.78, 5) is 33.6. The lowest BCUT2D eigenvalue weighted by atomic mass is 10.3. The van der Waals surface area contributed by atoms with E-state index in [2.05, 4.69) is 19.7 Å². The molecule has 0 spiro atoms. The first kappa shape index (κ1) is 18.6. The van der Waals surface area contributed by atoms with Crippen molar-refractivity contribution in [3.8, 4) is 0 Å². The Morgan fingerprint density at radius 2 is 1.48 bits per heavy atom. The normalized spacial score (nSPS) is 12.4. The quantitative estimate of drug-likeness (QED) is 0.256. The van der Waals surface area contributed by atoms with E-state index in [1.54, 1.807) is 6.92 Å². The van der Waals surface area contributed by atoms with Crippen LogP contribution in [0.15, 0.2) is 38.0 Å². The molecule has 0 aromatic carbocycles. The van der Waals surface area contributed by atoms with E-state index in [0.717, 1.165) is 18.2 Å². The average Bonchev–Trinajstić information content (AvgIpc) is 2.49. The monoisotopic (exact) mass is 298 g/mol. The van der Waals surface area contributed by atoms with E-state index in [0.29, 0.717) is 0 Å². The van der Waals surface area contributed by atoms with Gasteiger partial charge in [-0.2, -0.15) is 0 Å².